The maximum absolute atomic E-state index is 12.8. The molecule has 0 aromatic heterocycles. The molecule has 0 fully saturated rings. The summed E-state index contributed by atoms with van der Waals surface area (Å²) >= 11 is 0. The molecule has 1 aromatic rings. The lowest BCUT2D eigenvalue weighted by Crippen LogP contribution is -2.14. The van der Waals surface area contributed by atoms with E-state index in [2.05, 4.69) is 0 Å². The lowest BCUT2D eigenvalue weighted by molar-refractivity contribution is -0.138. The van der Waals surface area contributed by atoms with E-state index in [0.29, 0.717) is 12.1 Å². The highest BCUT2D eigenvalue weighted by atomic mass is 19.4. The Kier molecular flexibility index (Phi) is 2.46. The van der Waals surface area contributed by atoms with Gasteiger partial charge in [0.2, 0.25) is 0 Å². The molecule has 0 spiro atoms. The van der Waals surface area contributed by atoms with Crippen LogP contribution in [-0.4, -0.2) is 11.1 Å². The summed E-state index contributed by atoms with van der Waals surface area (Å²) in [6.07, 6.45) is -4.87. The summed E-state index contributed by atoms with van der Waals surface area (Å²) < 4.78 is 49.2. The molecule has 76 valence electrons. The third-order valence-electron chi connectivity index (χ3n) is 1.53. The van der Waals surface area contributed by atoms with Gasteiger partial charge < -0.3 is 5.11 Å². The van der Waals surface area contributed by atoms with E-state index in [-0.39, 0.29) is 0 Å². The summed E-state index contributed by atoms with van der Waals surface area (Å²) in [5.74, 6) is -3.33. The van der Waals surface area contributed by atoms with Crippen LogP contribution in [0.4, 0.5) is 17.6 Å². The Balaban J connectivity index is 3.44. The van der Waals surface area contributed by atoms with Crippen molar-refractivity contribution in [1.29, 1.82) is 0 Å². The molecule has 14 heavy (non-hydrogen) atoms. The summed E-state index contributed by atoms with van der Waals surface area (Å²) in [4.78, 5) is 10.3. The first-order chi connectivity index (χ1) is 6.34. The number of hydrogen-bond acceptors (Lipinski definition) is 1. The summed E-state index contributed by atoms with van der Waals surface area (Å²) in [5, 5.41) is 8.37. The molecule has 2 nitrogen and oxygen atoms in total. The van der Waals surface area contributed by atoms with Crippen molar-refractivity contribution in [2.45, 2.75) is 6.18 Å². The number of carbonyl (C=O) groups is 1. The number of hydrogen-bond donors (Lipinski definition) is 1. The van der Waals surface area contributed by atoms with Gasteiger partial charge in [-0.15, -0.1) is 0 Å². The van der Waals surface area contributed by atoms with E-state index in [0.717, 1.165) is 6.07 Å². The van der Waals surface area contributed by atoms with Gasteiger partial charge in [0, 0.05) is 0 Å². The van der Waals surface area contributed by atoms with Gasteiger partial charge in [-0.25, -0.2) is 9.18 Å². The van der Waals surface area contributed by atoms with Crippen LogP contribution in [-0.2, 0) is 6.18 Å². The maximum atomic E-state index is 12.8. The molecule has 0 aliphatic heterocycles. The van der Waals surface area contributed by atoms with E-state index >= 15 is 0 Å². The molecule has 1 rings (SSSR count). The molecule has 0 heterocycles. The van der Waals surface area contributed by atoms with Crippen molar-refractivity contribution in [2.24, 2.45) is 0 Å². The fourth-order valence-corrected chi connectivity index (χ4v) is 0.978. The topological polar surface area (TPSA) is 37.3 Å². The second-order valence-corrected chi connectivity index (χ2v) is 2.47. The number of halogens is 4. The fraction of sp³-hybridized carbons (Fsp3) is 0.125. The van der Waals surface area contributed by atoms with E-state index in [1.807, 2.05) is 0 Å². The standard InChI is InChI=1S/C8H4F4O2/c9-5-3-1-2-4(8(10,11)12)6(5)7(13)14/h1-3H,(H,13,14). The normalized spacial score (nSPS) is 11.4. The SMILES string of the molecule is O=C(O)c1c(F)cccc1C(F)(F)F. The highest BCUT2D eigenvalue weighted by Gasteiger charge is 2.36. The number of benzene rings is 1. The smallest absolute Gasteiger partial charge is 0.417 e. The Bertz CT molecular complexity index is 370. The van der Waals surface area contributed by atoms with Crippen molar-refractivity contribution in [3.8, 4) is 0 Å². The molecule has 0 radical (unpaired) electrons. The number of carboxylic acids is 1. The van der Waals surface area contributed by atoms with E-state index in [1.165, 1.54) is 0 Å². The minimum atomic E-state index is -4.87. The molecule has 0 atom stereocenters. The van der Waals surface area contributed by atoms with Crippen molar-refractivity contribution in [1.82, 2.24) is 0 Å². The second kappa shape index (κ2) is 3.28. The number of alkyl halides is 3. The van der Waals surface area contributed by atoms with Crippen LogP contribution in [0.3, 0.4) is 0 Å². The molecule has 1 aromatic carbocycles. The van der Waals surface area contributed by atoms with Crippen LogP contribution in [0.5, 0.6) is 0 Å². The highest BCUT2D eigenvalue weighted by molar-refractivity contribution is 5.89. The molecule has 0 saturated carbocycles. The molecular weight excluding hydrogens is 204 g/mol. The Labute approximate surface area is 75.8 Å². The molecule has 1 N–H and O–H groups in total. The zero-order valence-corrected chi connectivity index (χ0v) is 6.60. The lowest BCUT2D eigenvalue weighted by atomic mass is 10.1. The highest BCUT2D eigenvalue weighted by Crippen LogP contribution is 2.32. The van der Waals surface area contributed by atoms with Gasteiger partial charge in [-0.1, -0.05) is 6.07 Å². The van der Waals surface area contributed by atoms with E-state index < -0.39 is 29.1 Å². The van der Waals surface area contributed by atoms with Crippen LogP contribution in [0.25, 0.3) is 0 Å². The first-order valence-electron chi connectivity index (χ1n) is 3.43. The van der Waals surface area contributed by atoms with E-state index in [1.54, 1.807) is 0 Å². The van der Waals surface area contributed by atoms with Gasteiger partial charge in [0.25, 0.3) is 0 Å². The Morgan fingerprint density at radius 2 is 1.86 bits per heavy atom. The van der Waals surface area contributed by atoms with E-state index in [9.17, 15) is 22.4 Å². The van der Waals surface area contributed by atoms with Crippen molar-refractivity contribution >= 4 is 5.97 Å². The Morgan fingerprint density at radius 1 is 1.29 bits per heavy atom. The third kappa shape index (κ3) is 1.84. The molecule has 0 unspecified atom stereocenters. The van der Waals surface area contributed by atoms with Gasteiger partial charge in [-0.3, -0.25) is 0 Å². The Hall–Kier alpha value is -1.59. The van der Waals surface area contributed by atoms with Gasteiger partial charge in [0.1, 0.15) is 11.4 Å². The minimum absolute atomic E-state index is 0.520. The van der Waals surface area contributed by atoms with Crippen molar-refractivity contribution in [3.63, 3.8) is 0 Å². The molecule has 0 saturated heterocycles. The summed E-state index contributed by atoms with van der Waals surface area (Å²) in [5.41, 5.74) is -2.83. The molecule has 0 bridgehead atoms. The number of carboxylic acid groups (broad SMARTS) is 1. The van der Waals surface area contributed by atoms with Crippen LogP contribution in [0.1, 0.15) is 15.9 Å². The second-order valence-electron chi connectivity index (χ2n) is 2.47. The quantitative estimate of drug-likeness (QED) is 0.720. The van der Waals surface area contributed by atoms with Gasteiger partial charge in [0.15, 0.2) is 0 Å². The Morgan fingerprint density at radius 3 is 2.21 bits per heavy atom. The molecular formula is C8H4F4O2. The van der Waals surface area contributed by atoms with Crippen LogP contribution in [0.15, 0.2) is 18.2 Å². The monoisotopic (exact) mass is 208 g/mol. The third-order valence-corrected chi connectivity index (χ3v) is 1.53. The zero-order chi connectivity index (χ0) is 10.9. The molecule has 6 heteroatoms. The van der Waals surface area contributed by atoms with Crippen LogP contribution in [0, 0.1) is 5.82 Å². The number of rotatable bonds is 1. The minimum Gasteiger partial charge on any atom is -0.478 e. The predicted octanol–water partition coefficient (Wildman–Crippen LogP) is 2.54. The predicted molar refractivity (Wildman–Crippen MR) is 38.4 cm³/mol. The van der Waals surface area contributed by atoms with Gasteiger partial charge in [-0.05, 0) is 12.1 Å². The fourth-order valence-electron chi connectivity index (χ4n) is 0.978. The largest absolute Gasteiger partial charge is 0.478 e. The van der Waals surface area contributed by atoms with Crippen LogP contribution >= 0.6 is 0 Å². The van der Waals surface area contributed by atoms with Crippen molar-refractivity contribution in [3.05, 3.63) is 35.1 Å². The van der Waals surface area contributed by atoms with Crippen LogP contribution < -0.4 is 0 Å². The van der Waals surface area contributed by atoms with Crippen LogP contribution in [0.2, 0.25) is 0 Å². The average Bonchev–Trinajstić information content (AvgIpc) is 2.01. The average molecular weight is 208 g/mol. The van der Waals surface area contributed by atoms with Gasteiger partial charge >= 0.3 is 12.1 Å². The zero-order valence-electron chi connectivity index (χ0n) is 6.60. The summed E-state index contributed by atoms with van der Waals surface area (Å²) in [6, 6.07) is 2.00. The van der Waals surface area contributed by atoms with Crippen molar-refractivity contribution < 1.29 is 27.5 Å². The number of aromatic carboxylic acids is 1. The summed E-state index contributed by atoms with van der Waals surface area (Å²) in [7, 11) is 0. The molecule has 0 aliphatic carbocycles. The first-order valence-corrected chi connectivity index (χ1v) is 3.43. The van der Waals surface area contributed by atoms with Gasteiger partial charge in [0.05, 0.1) is 5.56 Å². The summed E-state index contributed by atoms with van der Waals surface area (Å²) in [6.45, 7) is 0. The van der Waals surface area contributed by atoms with Gasteiger partial charge in [-0.2, -0.15) is 13.2 Å². The maximum Gasteiger partial charge on any atom is 0.417 e. The lowest BCUT2D eigenvalue weighted by Gasteiger charge is -2.09. The van der Waals surface area contributed by atoms with Crippen molar-refractivity contribution in [2.75, 3.05) is 0 Å². The first kappa shape index (κ1) is 10.5. The molecule has 0 amide bonds. The van der Waals surface area contributed by atoms with E-state index in [4.69, 9.17) is 5.11 Å². The molecule has 0 aliphatic rings.